The highest BCUT2D eigenvalue weighted by atomic mass is 32.2. The highest BCUT2D eigenvalue weighted by Gasteiger charge is 2.28. The van der Waals surface area contributed by atoms with Crippen molar-refractivity contribution >= 4 is 32.4 Å². The topological polar surface area (TPSA) is 92.7 Å². The van der Waals surface area contributed by atoms with E-state index in [9.17, 15) is 13.2 Å². The number of ether oxygens (including phenoxy) is 1. The lowest BCUT2D eigenvalue weighted by atomic mass is 10.2. The minimum Gasteiger partial charge on any atom is -0.444 e. The molecule has 2 aromatic heterocycles. The summed E-state index contributed by atoms with van der Waals surface area (Å²) in [6, 6.07) is 2.93. The molecule has 0 aliphatic carbocycles. The van der Waals surface area contributed by atoms with Crippen molar-refractivity contribution in [2.45, 2.75) is 35.5 Å². The van der Waals surface area contributed by atoms with Crippen LogP contribution in [-0.4, -0.2) is 61.2 Å². The number of hydrogen-bond acceptors (Lipinski definition) is 8. The first-order valence-corrected chi connectivity index (χ1v) is 10.8. The minimum absolute atomic E-state index is 0.193. The van der Waals surface area contributed by atoms with Gasteiger partial charge in [-0.1, -0.05) is 11.3 Å². The molecular weight excluding hydrogens is 388 g/mol. The molecule has 1 saturated heterocycles. The lowest BCUT2D eigenvalue weighted by molar-refractivity contribution is 0.0240. The molecule has 146 valence electrons. The molecule has 0 unspecified atom stereocenters. The summed E-state index contributed by atoms with van der Waals surface area (Å²) in [6.45, 7) is 7.65. The number of aromatic nitrogens is 2. The zero-order valence-corrected chi connectivity index (χ0v) is 17.1. The Bertz CT molecular complexity index is 899. The molecule has 0 atom stereocenters. The van der Waals surface area contributed by atoms with E-state index >= 15 is 0 Å². The fourth-order valence-corrected chi connectivity index (χ4v) is 5.12. The molecule has 1 aliphatic heterocycles. The first kappa shape index (κ1) is 19.6. The number of anilines is 1. The van der Waals surface area contributed by atoms with Crippen molar-refractivity contribution in [3.05, 3.63) is 30.7 Å². The predicted octanol–water partition coefficient (Wildman–Crippen LogP) is 2.43. The zero-order chi connectivity index (χ0) is 19.7. The molecule has 0 radical (unpaired) electrons. The lowest BCUT2D eigenvalue weighted by Gasteiger charge is -2.35. The number of pyridine rings is 1. The van der Waals surface area contributed by atoms with E-state index in [1.165, 1.54) is 30.7 Å². The summed E-state index contributed by atoms with van der Waals surface area (Å²) in [6.07, 6.45) is 3.95. The second-order valence-electron chi connectivity index (χ2n) is 7.10. The van der Waals surface area contributed by atoms with Gasteiger partial charge in [-0.25, -0.2) is 18.2 Å². The maximum Gasteiger partial charge on any atom is 0.410 e. The minimum atomic E-state index is -3.60. The summed E-state index contributed by atoms with van der Waals surface area (Å²) >= 11 is 1.13. The summed E-state index contributed by atoms with van der Waals surface area (Å²) < 4.78 is 30.9. The van der Waals surface area contributed by atoms with Crippen LogP contribution in [0.15, 0.2) is 39.8 Å². The lowest BCUT2D eigenvalue weighted by Crippen LogP contribution is -2.50. The molecule has 27 heavy (non-hydrogen) atoms. The van der Waals surface area contributed by atoms with Crippen molar-refractivity contribution in [1.29, 1.82) is 0 Å². The molecule has 1 fully saturated rings. The van der Waals surface area contributed by atoms with Crippen molar-refractivity contribution in [3.8, 4) is 0 Å². The Morgan fingerprint density at radius 3 is 2.37 bits per heavy atom. The number of nitrogens with zero attached hydrogens (tertiary/aromatic N) is 4. The van der Waals surface area contributed by atoms with E-state index < -0.39 is 15.4 Å². The van der Waals surface area contributed by atoms with Gasteiger partial charge in [-0.05, 0) is 32.9 Å². The highest BCUT2D eigenvalue weighted by Crippen LogP contribution is 2.30. The predicted molar refractivity (Wildman–Crippen MR) is 102 cm³/mol. The number of carbonyl (C=O) groups is 1. The van der Waals surface area contributed by atoms with Gasteiger partial charge in [0, 0.05) is 38.6 Å². The Balaban J connectivity index is 1.66. The average Bonchev–Trinajstić information content (AvgIpc) is 3.12. The van der Waals surface area contributed by atoms with Crippen LogP contribution in [0.25, 0.3) is 0 Å². The first-order chi connectivity index (χ1) is 12.7. The van der Waals surface area contributed by atoms with E-state index in [1.807, 2.05) is 25.7 Å². The third kappa shape index (κ3) is 4.56. The van der Waals surface area contributed by atoms with Crippen LogP contribution in [0.4, 0.5) is 9.93 Å². The van der Waals surface area contributed by atoms with E-state index in [4.69, 9.17) is 4.74 Å². The summed E-state index contributed by atoms with van der Waals surface area (Å²) in [5.41, 5.74) is -0.528. The van der Waals surface area contributed by atoms with Crippen molar-refractivity contribution in [2.75, 3.05) is 31.1 Å². The molecule has 3 heterocycles. The van der Waals surface area contributed by atoms with Gasteiger partial charge in [-0.2, -0.15) is 0 Å². The van der Waals surface area contributed by atoms with Gasteiger partial charge in [-0.3, -0.25) is 4.98 Å². The van der Waals surface area contributed by atoms with E-state index in [-0.39, 0.29) is 15.2 Å². The quantitative estimate of drug-likeness (QED) is 0.767. The van der Waals surface area contributed by atoms with Crippen LogP contribution in [0.5, 0.6) is 0 Å². The number of rotatable bonds is 3. The number of thiazole rings is 1. The van der Waals surface area contributed by atoms with Crippen LogP contribution >= 0.6 is 11.3 Å². The fourth-order valence-electron chi connectivity index (χ4n) is 2.56. The van der Waals surface area contributed by atoms with E-state index in [0.717, 1.165) is 11.3 Å². The van der Waals surface area contributed by atoms with Gasteiger partial charge in [0.25, 0.3) is 0 Å². The summed E-state index contributed by atoms with van der Waals surface area (Å²) in [5.74, 6) is 0. The summed E-state index contributed by atoms with van der Waals surface area (Å²) in [4.78, 5) is 24.1. The molecule has 1 amide bonds. The maximum atomic E-state index is 12.7. The number of hydrogen-bond donors (Lipinski definition) is 0. The Morgan fingerprint density at radius 2 is 1.78 bits per heavy atom. The molecular formula is C17H22N4O4S2. The van der Waals surface area contributed by atoms with Crippen LogP contribution in [0.2, 0.25) is 0 Å². The zero-order valence-electron chi connectivity index (χ0n) is 15.5. The van der Waals surface area contributed by atoms with E-state index in [0.29, 0.717) is 31.3 Å². The van der Waals surface area contributed by atoms with E-state index in [2.05, 4.69) is 9.97 Å². The second kappa shape index (κ2) is 7.43. The molecule has 2 aromatic rings. The molecule has 10 heteroatoms. The summed E-state index contributed by atoms with van der Waals surface area (Å²) in [7, 11) is -3.60. The third-order valence-corrected chi connectivity index (χ3v) is 7.19. The van der Waals surface area contributed by atoms with Crippen LogP contribution < -0.4 is 4.90 Å². The second-order valence-corrected chi connectivity index (χ2v) is 10.3. The number of sulfone groups is 1. The van der Waals surface area contributed by atoms with Gasteiger partial charge in [0.1, 0.15) is 9.81 Å². The average molecular weight is 411 g/mol. The molecule has 3 rings (SSSR count). The van der Waals surface area contributed by atoms with Crippen LogP contribution in [0.3, 0.4) is 0 Å². The fraction of sp³-hybridized carbons (Fsp3) is 0.471. The molecule has 0 spiro atoms. The molecule has 0 N–H and O–H groups in total. The van der Waals surface area contributed by atoms with Crippen LogP contribution in [-0.2, 0) is 14.6 Å². The van der Waals surface area contributed by atoms with Gasteiger partial charge in [0.15, 0.2) is 5.13 Å². The maximum absolute atomic E-state index is 12.7. The monoisotopic (exact) mass is 410 g/mol. The molecule has 0 aromatic carbocycles. The van der Waals surface area contributed by atoms with Crippen molar-refractivity contribution in [2.24, 2.45) is 0 Å². The van der Waals surface area contributed by atoms with Gasteiger partial charge in [0.2, 0.25) is 9.84 Å². The highest BCUT2D eigenvalue weighted by molar-refractivity contribution is 7.93. The van der Waals surface area contributed by atoms with Crippen molar-refractivity contribution < 1.29 is 17.9 Å². The Kier molecular flexibility index (Phi) is 5.38. The van der Waals surface area contributed by atoms with Crippen molar-refractivity contribution in [3.63, 3.8) is 0 Å². The van der Waals surface area contributed by atoms with Crippen LogP contribution in [0, 0.1) is 0 Å². The summed E-state index contributed by atoms with van der Waals surface area (Å²) in [5, 5.41) is 0.631. The number of piperazine rings is 1. The van der Waals surface area contributed by atoms with Crippen molar-refractivity contribution in [1.82, 2.24) is 14.9 Å². The van der Waals surface area contributed by atoms with E-state index in [1.54, 1.807) is 4.90 Å². The largest absolute Gasteiger partial charge is 0.444 e. The SMILES string of the molecule is CC(C)(C)OC(=O)N1CCN(c2ncc(S(=O)(=O)c3ccncc3)s2)CC1. The number of carbonyl (C=O) groups excluding carboxylic acids is 1. The third-order valence-electron chi connectivity index (χ3n) is 3.90. The Labute approximate surface area is 162 Å². The Morgan fingerprint density at radius 1 is 1.15 bits per heavy atom. The molecule has 0 saturated carbocycles. The van der Waals surface area contributed by atoms with Gasteiger partial charge in [0.05, 0.1) is 11.1 Å². The van der Waals surface area contributed by atoms with Crippen LogP contribution in [0.1, 0.15) is 20.8 Å². The standard InChI is InChI=1S/C17H22N4O4S2/c1-17(2,3)25-16(22)21-10-8-20(9-11-21)15-19-12-14(26-15)27(23,24)13-4-6-18-7-5-13/h4-7,12H,8-11H2,1-3H3. The number of amides is 1. The molecule has 1 aliphatic rings. The van der Waals surface area contributed by atoms with Gasteiger partial charge >= 0.3 is 6.09 Å². The normalized spacial score (nSPS) is 15.7. The van der Waals surface area contributed by atoms with Gasteiger partial charge in [-0.15, -0.1) is 0 Å². The van der Waals surface area contributed by atoms with Gasteiger partial charge < -0.3 is 14.5 Å². The first-order valence-electron chi connectivity index (χ1n) is 8.51. The Hall–Kier alpha value is -2.20. The molecule has 0 bridgehead atoms. The smallest absolute Gasteiger partial charge is 0.410 e. The molecule has 8 nitrogen and oxygen atoms in total.